The number of thioether (sulfide) groups is 1. The van der Waals surface area contributed by atoms with Gasteiger partial charge in [-0.25, -0.2) is 9.59 Å². The number of hydrogen-bond donors (Lipinski definition) is 3. The third kappa shape index (κ3) is 7.70. The van der Waals surface area contributed by atoms with Gasteiger partial charge in [-0.05, 0) is 68.2 Å². The summed E-state index contributed by atoms with van der Waals surface area (Å²) >= 11 is 2.77. The first kappa shape index (κ1) is 29.4. The Hall–Kier alpha value is -3.11. The summed E-state index contributed by atoms with van der Waals surface area (Å²) in [6.07, 6.45) is 4.33. The maximum Gasteiger partial charge on any atom is 0.341 e. The van der Waals surface area contributed by atoms with Crippen LogP contribution in [0.2, 0.25) is 0 Å². The third-order valence-electron chi connectivity index (χ3n) is 6.37. The number of esters is 1. The van der Waals surface area contributed by atoms with Gasteiger partial charge in [-0.1, -0.05) is 26.8 Å². The van der Waals surface area contributed by atoms with Crippen molar-refractivity contribution in [2.24, 2.45) is 11.3 Å². The first-order valence-corrected chi connectivity index (χ1v) is 14.2. The molecule has 0 radical (unpaired) electrons. The third-order valence-corrected chi connectivity index (χ3v) is 8.63. The Bertz CT molecular complexity index is 1240. The van der Waals surface area contributed by atoms with Crippen molar-refractivity contribution in [2.75, 3.05) is 17.2 Å². The SMILES string of the molecule is CCOC(=O)c1c(NC(=O)C(C)Sc2cccc(NC(=O)/C=C/C(=O)O)c2)sc2c1CCC(C(C)(C)C)C2. The summed E-state index contributed by atoms with van der Waals surface area (Å²) in [5.41, 5.74) is 2.10. The van der Waals surface area contributed by atoms with Crippen LogP contribution < -0.4 is 10.6 Å². The molecule has 2 aromatic rings. The fourth-order valence-corrected chi connectivity index (χ4v) is 6.53. The molecule has 1 aromatic heterocycles. The van der Waals surface area contributed by atoms with Crippen molar-refractivity contribution < 1.29 is 29.0 Å². The minimum absolute atomic E-state index is 0.154. The summed E-state index contributed by atoms with van der Waals surface area (Å²) < 4.78 is 5.34. The molecule has 3 N–H and O–H groups in total. The number of nitrogens with one attached hydrogen (secondary N) is 2. The molecule has 0 fully saturated rings. The van der Waals surface area contributed by atoms with Gasteiger partial charge in [-0.3, -0.25) is 9.59 Å². The second kappa shape index (κ2) is 12.6. The number of ether oxygens (including phenoxy) is 1. The lowest BCUT2D eigenvalue weighted by atomic mass is 9.72. The van der Waals surface area contributed by atoms with Crippen molar-refractivity contribution in [3.63, 3.8) is 0 Å². The van der Waals surface area contributed by atoms with Crippen LogP contribution in [0.1, 0.15) is 61.8 Å². The molecule has 10 heteroatoms. The van der Waals surface area contributed by atoms with Gasteiger partial charge in [-0.15, -0.1) is 23.1 Å². The number of amides is 2. The molecule has 2 unspecified atom stereocenters. The number of carboxylic acids is 1. The van der Waals surface area contributed by atoms with Crippen LogP contribution in [-0.4, -0.2) is 40.7 Å². The fraction of sp³-hybridized carbons (Fsp3) is 0.429. The van der Waals surface area contributed by atoms with Crippen molar-refractivity contribution in [3.8, 4) is 0 Å². The van der Waals surface area contributed by atoms with Crippen LogP contribution in [0, 0.1) is 11.3 Å². The quantitative estimate of drug-likeness (QED) is 0.203. The van der Waals surface area contributed by atoms with E-state index in [4.69, 9.17) is 9.84 Å². The first-order valence-electron chi connectivity index (χ1n) is 12.5. The van der Waals surface area contributed by atoms with E-state index in [1.54, 1.807) is 32.0 Å². The molecule has 1 aromatic carbocycles. The molecule has 8 nitrogen and oxygen atoms in total. The first-order chi connectivity index (χ1) is 17.9. The highest BCUT2D eigenvalue weighted by Crippen LogP contribution is 2.44. The van der Waals surface area contributed by atoms with Gasteiger partial charge >= 0.3 is 11.9 Å². The number of hydrogen-bond acceptors (Lipinski definition) is 7. The molecule has 1 heterocycles. The van der Waals surface area contributed by atoms with Crippen LogP contribution in [0.3, 0.4) is 0 Å². The Balaban J connectivity index is 1.74. The zero-order chi connectivity index (χ0) is 28.0. The van der Waals surface area contributed by atoms with Crippen LogP contribution >= 0.6 is 23.1 Å². The van der Waals surface area contributed by atoms with E-state index in [1.807, 2.05) is 6.07 Å². The second-order valence-electron chi connectivity index (χ2n) is 10.2. The fourth-order valence-electron chi connectivity index (χ4n) is 4.28. The summed E-state index contributed by atoms with van der Waals surface area (Å²) in [6.45, 7) is 10.5. The Labute approximate surface area is 231 Å². The molecule has 0 aliphatic heterocycles. The minimum atomic E-state index is -1.21. The summed E-state index contributed by atoms with van der Waals surface area (Å²) in [6, 6.07) is 6.94. The zero-order valence-electron chi connectivity index (χ0n) is 22.3. The molecular weight excluding hydrogens is 524 g/mol. The van der Waals surface area contributed by atoms with E-state index in [-0.39, 0.29) is 17.9 Å². The molecule has 0 spiro atoms. The highest BCUT2D eigenvalue weighted by molar-refractivity contribution is 8.00. The summed E-state index contributed by atoms with van der Waals surface area (Å²) in [5.74, 6) is -1.94. The standard InChI is InChI=1S/C28H34N2O6S2/c1-6-36-27(35)24-20-11-10-17(28(3,4)5)14-21(20)38-26(24)30-25(34)16(2)37-19-9-7-8-18(15-19)29-22(31)12-13-23(32)33/h7-9,12-13,15-17H,6,10-11,14H2,1-5H3,(H,29,31)(H,30,34)(H,32,33)/b13-12+. The summed E-state index contributed by atoms with van der Waals surface area (Å²) in [5, 5.41) is 14.3. The van der Waals surface area contributed by atoms with Gasteiger partial charge < -0.3 is 20.5 Å². The van der Waals surface area contributed by atoms with Gasteiger partial charge in [0.15, 0.2) is 0 Å². The normalized spacial score (nSPS) is 16.0. The smallest absolute Gasteiger partial charge is 0.341 e. The molecular formula is C28H34N2O6S2. The molecule has 0 saturated heterocycles. The Morgan fingerprint density at radius 2 is 1.95 bits per heavy atom. The van der Waals surface area contributed by atoms with Crippen molar-refractivity contribution in [1.82, 2.24) is 0 Å². The topological polar surface area (TPSA) is 122 Å². The number of aliphatic carboxylic acids is 1. The number of carbonyl (C=O) groups excluding carboxylic acids is 3. The van der Waals surface area contributed by atoms with E-state index >= 15 is 0 Å². The van der Waals surface area contributed by atoms with Gasteiger partial charge in [0.1, 0.15) is 5.00 Å². The van der Waals surface area contributed by atoms with Crippen LogP contribution in [0.5, 0.6) is 0 Å². The van der Waals surface area contributed by atoms with Gasteiger partial charge in [-0.2, -0.15) is 0 Å². The average molecular weight is 559 g/mol. The maximum absolute atomic E-state index is 13.2. The molecule has 2 amide bonds. The molecule has 1 aliphatic carbocycles. The van der Waals surface area contributed by atoms with Gasteiger partial charge in [0, 0.05) is 27.6 Å². The number of anilines is 2. The lowest BCUT2D eigenvalue weighted by Crippen LogP contribution is -2.27. The highest BCUT2D eigenvalue weighted by Gasteiger charge is 2.34. The molecule has 2 atom stereocenters. The molecule has 1 aliphatic rings. The van der Waals surface area contributed by atoms with Crippen molar-refractivity contribution >= 4 is 57.5 Å². The Kier molecular flexibility index (Phi) is 9.78. The predicted octanol–water partition coefficient (Wildman–Crippen LogP) is 5.77. The number of carboxylic acid groups (broad SMARTS) is 1. The van der Waals surface area contributed by atoms with Crippen LogP contribution in [0.15, 0.2) is 41.3 Å². The summed E-state index contributed by atoms with van der Waals surface area (Å²) in [4.78, 5) is 50.4. The molecule has 204 valence electrons. The van der Waals surface area contributed by atoms with Crippen molar-refractivity contribution in [1.29, 1.82) is 0 Å². The molecule has 38 heavy (non-hydrogen) atoms. The number of rotatable bonds is 9. The lowest BCUT2D eigenvalue weighted by Gasteiger charge is -2.33. The highest BCUT2D eigenvalue weighted by atomic mass is 32.2. The Morgan fingerprint density at radius 1 is 1.21 bits per heavy atom. The van der Waals surface area contributed by atoms with Crippen LogP contribution in [0.4, 0.5) is 10.7 Å². The number of fused-ring (bicyclic) bond motifs is 1. The zero-order valence-corrected chi connectivity index (χ0v) is 23.9. The lowest BCUT2D eigenvalue weighted by molar-refractivity contribution is -0.131. The van der Waals surface area contributed by atoms with Crippen LogP contribution in [-0.2, 0) is 32.0 Å². The van der Waals surface area contributed by atoms with Crippen LogP contribution in [0.25, 0.3) is 0 Å². The van der Waals surface area contributed by atoms with Gasteiger partial charge in [0.05, 0.1) is 17.4 Å². The van der Waals surface area contributed by atoms with E-state index < -0.39 is 23.1 Å². The largest absolute Gasteiger partial charge is 0.478 e. The minimum Gasteiger partial charge on any atom is -0.478 e. The van der Waals surface area contributed by atoms with E-state index in [0.29, 0.717) is 22.2 Å². The number of thiophene rings is 1. The van der Waals surface area contributed by atoms with Gasteiger partial charge in [0.2, 0.25) is 11.8 Å². The monoisotopic (exact) mass is 558 g/mol. The van der Waals surface area contributed by atoms with Gasteiger partial charge in [0.25, 0.3) is 0 Å². The molecule has 0 saturated carbocycles. The van der Waals surface area contributed by atoms with E-state index in [9.17, 15) is 19.2 Å². The average Bonchev–Trinajstić information content (AvgIpc) is 3.19. The van der Waals surface area contributed by atoms with Crippen molar-refractivity contribution in [3.05, 3.63) is 52.4 Å². The van der Waals surface area contributed by atoms with E-state index in [1.165, 1.54) is 23.1 Å². The van der Waals surface area contributed by atoms with E-state index in [2.05, 4.69) is 31.4 Å². The molecule has 3 rings (SSSR count). The molecule has 0 bridgehead atoms. The number of carbonyl (C=O) groups is 4. The second-order valence-corrected chi connectivity index (χ2v) is 12.7. The van der Waals surface area contributed by atoms with E-state index in [0.717, 1.165) is 46.8 Å². The number of benzene rings is 1. The maximum atomic E-state index is 13.2. The summed E-state index contributed by atoms with van der Waals surface area (Å²) in [7, 11) is 0. The predicted molar refractivity (Wildman–Crippen MR) is 151 cm³/mol. The Morgan fingerprint density at radius 3 is 2.61 bits per heavy atom. The van der Waals surface area contributed by atoms with Crippen molar-refractivity contribution in [2.45, 2.75) is 64.0 Å².